The van der Waals surface area contributed by atoms with Crippen LogP contribution < -0.4 is 14.4 Å². The van der Waals surface area contributed by atoms with Gasteiger partial charge in [-0.3, -0.25) is 4.79 Å². The van der Waals surface area contributed by atoms with Gasteiger partial charge in [-0.05, 0) is 118 Å². The summed E-state index contributed by atoms with van der Waals surface area (Å²) in [6.45, 7) is 7.47. The molecule has 6 rings (SSSR count). The lowest BCUT2D eigenvalue weighted by Crippen LogP contribution is -2.52. The molecule has 4 aliphatic rings. The van der Waals surface area contributed by atoms with Crippen molar-refractivity contribution in [2.75, 3.05) is 24.6 Å². The number of carbonyl (C=O) groups is 1. The zero-order valence-electron chi connectivity index (χ0n) is 24.9. The lowest BCUT2D eigenvalue weighted by Gasteiger charge is -2.49. The molecular formula is C33H43ClN2O5S. The minimum Gasteiger partial charge on any atom is -0.490 e. The number of ether oxygens (including phenoxy) is 1. The second kappa shape index (κ2) is 11.0. The zero-order chi connectivity index (χ0) is 29.9. The van der Waals surface area contributed by atoms with Crippen molar-refractivity contribution >= 4 is 33.2 Å². The maximum absolute atomic E-state index is 13.4. The molecule has 228 valence electrons. The van der Waals surface area contributed by atoms with Crippen LogP contribution >= 0.6 is 11.6 Å². The van der Waals surface area contributed by atoms with E-state index in [1.807, 2.05) is 19.9 Å². The third-order valence-corrected chi connectivity index (χ3v) is 13.0. The van der Waals surface area contributed by atoms with E-state index in [9.17, 15) is 18.3 Å². The molecule has 2 aromatic rings. The Balaban J connectivity index is 1.43. The molecule has 1 spiro atoms. The average molecular weight is 615 g/mol. The molecule has 1 fully saturated rings. The zero-order valence-corrected chi connectivity index (χ0v) is 26.4. The molecule has 2 bridgehead atoms. The van der Waals surface area contributed by atoms with Gasteiger partial charge in [-0.1, -0.05) is 31.0 Å². The van der Waals surface area contributed by atoms with Crippen LogP contribution in [0.1, 0.15) is 87.2 Å². The number of aryl methyl sites for hydroxylation is 1. The number of nitrogens with one attached hydrogen (secondary N) is 1. The van der Waals surface area contributed by atoms with Crippen LogP contribution in [-0.4, -0.2) is 50.0 Å². The van der Waals surface area contributed by atoms with Crippen LogP contribution in [-0.2, 0) is 21.9 Å². The fourth-order valence-corrected chi connectivity index (χ4v) is 9.44. The minimum atomic E-state index is -3.89. The van der Waals surface area contributed by atoms with Gasteiger partial charge in [-0.2, -0.15) is 0 Å². The van der Waals surface area contributed by atoms with E-state index in [0.717, 1.165) is 55.8 Å². The average Bonchev–Trinajstić information content (AvgIpc) is 3.06. The van der Waals surface area contributed by atoms with Gasteiger partial charge in [0.25, 0.3) is 5.91 Å². The van der Waals surface area contributed by atoms with Crippen molar-refractivity contribution in [1.82, 2.24) is 4.72 Å². The van der Waals surface area contributed by atoms with Crippen LogP contribution in [0.2, 0.25) is 5.02 Å². The van der Waals surface area contributed by atoms with Gasteiger partial charge < -0.3 is 14.7 Å². The summed E-state index contributed by atoms with van der Waals surface area (Å²) in [6.07, 6.45) is 7.02. The summed E-state index contributed by atoms with van der Waals surface area (Å²) in [7, 11) is -3.89. The summed E-state index contributed by atoms with van der Waals surface area (Å²) < 4.78 is 35.3. The minimum absolute atomic E-state index is 0.156. The van der Waals surface area contributed by atoms with Crippen LogP contribution in [0.25, 0.3) is 0 Å². The second-order valence-electron chi connectivity index (χ2n) is 13.6. The molecule has 2 aromatic carbocycles. The van der Waals surface area contributed by atoms with E-state index in [1.165, 1.54) is 11.1 Å². The standard InChI is InChI=1S/C33H43ClN2O5S/c1-21-6-4-14-32(3,38)27-11-8-25(27)18-36-19-33(15-5-7-23-16-26(34)10-12-28(23)33)20-41-30-13-9-24(17-29(30)36)31(37)35-42(39,40)22(21)2/h9-10,12-13,16-17,21-22,25,27,38H,4-8,11,14-15,18-20H2,1-3H3,(H,35,37)/t21-,22+,25-,27+,32-,33-/m0/s1. The molecule has 7 nitrogen and oxygen atoms in total. The molecule has 2 heterocycles. The van der Waals surface area contributed by atoms with E-state index in [0.29, 0.717) is 43.2 Å². The number of sulfonamides is 1. The van der Waals surface area contributed by atoms with Crippen LogP contribution in [0, 0.1) is 17.8 Å². The third-order valence-electron chi connectivity index (χ3n) is 10.8. The van der Waals surface area contributed by atoms with E-state index in [4.69, 9.17) is 16.3 Å². The molecule has 2 aliphatic heterocycles. The van der Waals surface area contributed by atoms with Gasteiger partial charge in [0.05, 0.1) is 23.1 Å². The normalized spacial score (nSPS) is 34.7. The van der Waals surface area contributed by atoms with Crippen LogP contribution in [0.15, 0.2) is 36.4 Å². The monoisotopic (exact) mass is 614 g/mol. The van der Waals surface area contributed by atoms with Gasteiger partial charge >= 0.3 is 0 Å². The summed E-state index contributed by atoms with van der Waals surface area (Å²) in [4.78, 5) is 15.7. The van der Waals surface area contributed by atoms with Crippen molar-refractivity contribution in [3.05, 3.63) is 58.1 Å². The Morgan fingerprint density at radius 1 is 1.07 bits per heavy atom. The molecule has 6 atom stereocenters. The molecule has 0 saturated heterocycles. The topological polar surface area (TPSA) is 95.9 Å². The first-order valence-electron chi connectivity index (χ1n) is 15.5. The smallest absolute Gasteiger partial charge is 0.264 e. The van der Waals surface area contributed by atoms with Gasteiger partial charge in [0, 0.05) is 29.1 Å². The van der Waals surface area contributed by atoms with E-state index in [2.05, 4.69) is 21.8 Å². The molecule has 0 radical (unpaired) electrons. The first-order chi connectivity index (χ1) is 19.9. The van der Waals surface area contributed by atoms with Gasteiger partial charge in [-0.25, -0.2) is 13.1 Å². The molecule has 0 unspecified atom stereocenters. The molecule has 2 aliphatic carbocycles. The SMILES string of the molecule is C[C@@H]1[C@@H](C)CCC[C@](C)(O)[C@@H]2CC[C@H]2CN2C[C@@]3(CCCc4cc(Cl)ccc43)COc3ccc(cc32)C(=O)NS1(=O)=O. The van der Waals surface area contributed by atoms with Crippen LogP contribution in [0.4, 0.5) is 5.69 Å². The molecule has 1 saturated carbocycles. The summed E-state index contributed by atoms with van der Waals surface area (Å²) in [5.41, 5.74) is 2.54. The lowest BCUT2D eigenvalue weighted by molar-refractivity contribution is -0.0746. The molecule has 0 aromatic heterocycles. The summed E-state index contributed by atoms with van der Waals surface area (Å²) in [5.74, 6) is 0.382. The van der Waals surface area contributed by atoms with Crippen molar-refractivity contribution in [2.24, 2.45) is 17.8 Å². The number of rotatable bonds is 0. The summed E-state index contributed by atoms with van der Waals surface area (Å²) in [6, 6.07) is 11.4. The Morgan fingerprint density at radius 2 is 1.88 bits per heavy atom. The Morgan fingerprint density at radius 3 is 2.64 bits per heavy atom. The van der Waals surface area contributed by atoms with Crippen molar-refractivity contribution in [2.45, 2.75) is 88.4 Å². The van der Waals surface area contributed by atoms with Gasteiger partial charge in [-0.15, -0.1) is 0 Å². The van der Waals surface area contributed by atoms with Crippen molar-refractivity contribution in [3.63, 3.8) is 0 Å². The predicted molar refractivity (Wildman–Crippen MR) is 166 cm³/mol. The first kappa shape index (κ1) is 29.8. The summed E-state index contributed by atoms with van der Waals surface area (Å²) in [5, 5.41) is 11.7. The largest absolute Gasteiger partial charge is 0.490 e. The number of hydrogen-bond donors (Lipinski definition) is 2. The van der Waals surface area contributed by atoms with Gasteiger partial charge in [0.2, 0.25) is 10.0 Å². The number of nitrogens with zero attached hydrogens (tertiary/aromatic N) is 1. The van der Waals surface area contributed by atoms with Crippen molar-refractivity contribution < 1.29 is 23.1 Å². The number of hydrogen-bond acceptors (Lipinski definition) is 6. The van der Waals surface area contributed by atoms with Crippen LogP contribution in [0.3, 0.4) is 0 Å². The molecule has 9 heteroatoms. The highest BCUT2D eigenvalue weighted by atomic mass is 35.5. The van der Waals surface area contributed by atoms with Crippen molar-refractivity contribution in [3.8, 4) is 5.75 Å². The predicted octanol–water partition coefficient (Wildman–Crippen LogP) is 5.86. The molecule has 42 heavy (non-hydrogen) atoms. The second-order valence-corrected chi connectivity index (χ2v) is 16.1. The number of fused-ring (bicyclic) bond motifs is 4. The number of benzene rings is 2. The van der Waals surface area contributed by atoms with Crippen LogP contribution in [0.5, 0.6) is 5.75 Å². The van der Waals surface area contributed by atoms with Crippen molar-refractivity contribution in [1.29, 1.82) is 0 Å². The first-order valence-corrected chi connectivity index (χ1v) is 17.4. The Hall–Kier alpha value is -2.29. The highest BCUT2D eigenvalue weighted by molar-refractivity contribution is 7.90. The van der Waals surface area contributed by atoms with Gasteiger partial charge in [0.1, 0.15) is 5.75 Å². The lowest BCUT2D eigenvalue weighted by atomic mass is 9.63. The molecular weight excluding hydrogens is 572 g/mol. The Kier molecular flexibility index (Phi) is 7.80. The van der Waals surface area contributed by atoms with E-state index < -0.39 is 26.8 Å². The van der Waals surface area contributed by atoms with Gasteiger partial charge in [0.15, 0.2) is 0 Å². The van der Waals surface area contributed by atoms with E-state index >= 15 is 0 Å². The summed E-state index contributed by atoms with van der Waals surface area (Å²) >= 11 is 6.40. The fourth-order valence-electron chi connectivity index (χ4n) is 7.93. The fraction of sp³-hybridized carbons (Fsp3) is 0.606. The van der Waals surface area contributed by atoms with E-state index in [-0.39, 0.29) is 17.3 Å². The number of halogens is 1. The highest BCUT2D eigenvalue weighted by Gasteiger charge is 2.47. The Labute approximate surface area is 255 Å². The quantitative estimate of drug-likeness (QED) is 0.386. The number of aliphatic hydroxyl groups is 1. The number of amides is 1. The number of anilines is 1. The molecule has 1 amide bonds. The van der Waals surface area contributed by atoms with E-state index in [1.54, 1.807) is 25.1 Å². The third kappa shape index (κ3) is 5.43. The number of carbonyl (C=O) groups excluding carboxylic acids is 1. The maximum Gasteiger partial charge on any atom is 0.264 e. The highest BCUT2D eigenvalue weighted by Crippen LogP contribution is 2.48. The maximum atomic E-state index is 13.4. The molecule has 2 N–H and O–H groups in total. The Bertz CT molecular complexity index is 1480.